The van der Waals surface area contributed by atoms with Gasteiger partial charge in [0.05, 0.1) is 5.02 Å². The van der Waals surface area contributed by atoms with Crippen LogP contribution in [0, 0.1) is 5.82 Å². The van der Waals surface area contributed by atoms with Crippen LogP contribution in [-0.2, 0) is 0 Å². The first-order valence-electron chi connectivity index (χ1n) is 4.97. The van der Waals surface area contributed by atoms with Gasteiger partial charge in [-0.25, -0.2) is 4.39 Å². The zero-order chi connectivity index (χ0) is 11.0. The number of nitrogens with two attached hydrogens (primary N) is 1. The van der Waals surface area contributed by atoms with Crippen LogP contribution in [0.3, 0.4) is 0 Å². The fourth-order valence-electron chi connectivity index (χ4n) is 2.13. The number of rotatable bonds is 1. The lowest BCUT2D eigenvalue weighted by atomic mass is 9.95. The van der Waals surface area contributed by atoms with Gasteiger partial charge in [0.15, 0.2) is 0 Å². The van der Waals surface area contributed by atoms with Crippen molar-refractivity contribution in [2.24, 2.45) is 5.73 Å². The second-order valence-electron chi connectivity index (χ2n) is 4.17. The normalized spacial score (nSPS) is 27.2. The average molecular weight is 229 g/mol. The number of likely N-dealkylation sites (N-methyl/N-ethyl adjacent to an activating group) is 1. The molecule has 0 aromatic heterocycles. The van der Waals surface area contributed by atoms with Gasteiger partial charge in [-0.3, -0.25) is 0 Å². The summed E-state index contributed by atoms with van der Waals surface area (Å²) in [5.41, 5.74) is 7.04. The summed E-state index contributed by atoms with van der Waals surface area (Å²) >= 11 is 5.75. The van der Waals surface area contributed by atoms with Crippen LogP contribution in [0.5, 0.6) is 0 Å². The highest BCUT2D eigenvalue weighted by molar-refractivity contribution is 6.30. The topological polar surface area (TPSA) is 29.3 Å². The average Bonchev–Trinajstić information content (AvgIpc) is 2.50. The number of benzene rings is 1. The van der Waals surface area contributed by atoms with Crippen LogP contribution in [0.4, 0.5) is 4.39 Å². The minimum Gasteiger partial charge on any atom is -0.326 e. The molecule has 2 nitrogen and oxygen atoms in total. The molecule has 0 aliphatic carbocycles. The maximum absolute atomic E-state index is 13.0. The maximum atomic E-state index is 13.0. The zero-order valence-electron chi connectivity index (χ0n) is 8.58. The largest absolute Gasteiger partial charge is 0.326 e. The van der Waals surface area contributed by atoms with Crippen molar-refractivity contribution in [2.45, 2.75) is 12.0 Å². The standard InChI is InChI=1S/C11H14ClFN2/c1-15-5-8(11(14)6-15)7-2-3-10(13)9(12)4-7/h2-4,8,11H,5-6,14H2,1H3/t8-,11+/m0/s1. The number of nitrogens with zero attached hydrogens (tertiary/aromatic N) is 1. The molecule has 2 rings (SSSR count). The third kappa shape index (κ3) is 2.14. The lowest BCUT2D eigenvalue weighted by Crippen LogP contribution is -2.27. The van der Waals surface area contributed by atoms with Gasteiger partial charge in [-0.05, 0) is 24.7 Å². The molecule has 1 aromatic rings. The van der Waals surface area contributed by atoms with Crippen LogP contribution in [0.15, 0.2) is 18.2 Å². The Labute approximate surface area is 93.8 Å². The van der Waals surface area contributed by atoms with Gasteiger partial charge in [-0.2, -0.15) is 0 Å². The van der Waals surface area contributed by atoms with Gasteiger partial charge in [0.25, 0.3) is 0 Å². The molecule has 0 bridgehead atoms. The molecule has 0 unspecified atom stereocenters. The Morgan fingerprint density at radius 3 is 2.73 bits per heavy atom. The van der Waals surface area contributed by atoms with E-state index in [2.05, 4.69) is 4.90 Å². The summed E-state index contributed by atoms with van der Waals surface area (Å²) in [6.45, 7) is 1.78. The minimum absolute atomic E-state index is 0.108. The predicted octanol–water partition coefficient (Wildman–Crippen LogP) is 1.84. The van der Waals surface area contributed by atoms with Gasteiger partial charge in [0, 0.05) is 25.0 Å². The van der Waals surface area contributed by atoms with Crippen LogP contribution in [0.1, 0.15) is 11.5 Å². The summed E-state index contributed by atoms with van der Waals surface area (Å²) in [5, 5.41) is 0.175. The first kappa shape index (κ1) is 10.9. The van der Waals surface area contributed by atoms with E-state index in [1.807, 2.05) is 7.05 Å². The molecule has 2 N–H and O–H groups in total. The van der Waals surface area contributed by atoms with Crippen molar-refractivity contribution < 1.29 is 4.39 Å². The zero-order valence-corrected chi connectivity index (χ0v) is 9.34. The van der Waals surface area contributed by atoms with E-state index in [1.54, 1.807) is 12.1 Å². The van der Waals surface area contributed by atoms with Gasteiger partial charge in [-0.15, -0.1) is 0 Å². The Kier molecular flexibility index (Phi) is 2.96. The van der Waals surface area contributed by atoms with E-state index in [-0.39, 0.29) is 22.8 Å². The Hall–Kier alpha value is -0.640. The Morgan fingerprint density at radius 2 is 2.20 bits per heavy atom. The van der Waals surface area contributed by atoms with E-state index in [0.29, 0.717) is 0 Å². The Morgan fingerprint density at radius 1 is 1.47 bits per heavy atom. The molecule has 1 aromatic carbocycles. The third-order valence-corrected chi connectivity index (χ3v) is 3.21. The van der Waals surface area contributed by atoms with Gasteiger partial charge >= 0.3 is 0 Å². The van der Waals surface area contributed by atoms with Crippen molar-refractivity contribution in [3.63, 3.8) is 0 Å². The molecular formula is C11H14ClFN2. The van der Waals surface area contributed by atoms with Crippen LogP contribution in [-0.4, -0.2) is 31.1 Å². The fraction of sp³-hybridized carbons (Fsp3) is 0.455. The molecule has 0 radical (unpaired) electrons. The summed E-state index contributed by atoms with van der Waals surface area (Å²) in [6, 6.07) is 4.96. The smallest absolute Gasteiger partial charge is 0.141 e. The van der Waals surface area contributed by atoms with Crippen LogP contribution in [0.2, 0.25) is 5.02 Å². The number of hydrogen-bond donors (Lipinski definition) is 1. The number of likely N-dealkylation sites (tertiary alicyclic amines) is 1. The molecule has 0 spiro atoms. The second-order valence-corrected chi connectivity index (χ2v) is 4.57. The summed E-state index contributed by atoms with van der Waals surface area (Å²) < 4.78 is 13.0. The van der Waals surface area contributed by atoms with Gasteiger partial charge in [0.1, 0.15) is 5.82 Å². The molecule has 1 aliphatic heterocycles. The molecule has 1 aliphatic rings. The van der Waals surface area contributed by atoms with Crippen molar-refractivity contribution in [1.82, 2.24) is 4.90 Å². The van der Waals surface area contributed by atoms with Crippen molar-refractivity contribution in [1.29, 1.82) is 0 Å². The summed E-state index contributed by atoms with van der Waals surface area (Å²) in [6.07, 6.45) is 0. The van der Waals surface area contributed by atoms with E-state index >= 15 is 0 Å². The van der Waals surface area contributed by atoms with Crippen LogP contribution >= 0.6 is 11.6 Å². The van der Waals surface area contributed by atoms with Crippen LogP contribution < -0.4 is 5.73 Å². The highest BCUT2D eigenvalue weighted by atomic mass is 35.5. The Balaban J connectivity index is 2.26. The van der Waals surface area contributed by atoms with Crippen molar-refractivity contribution in [3.05, 3.63) is 34.6 Å². The third-order valence-electron chi connectivity index (χ3n) is 2.92. The molecule has 1 heterocycles. The highest BCUT2D eigenvalue weighted by Crippen LogP contribution is 2.28. The molecule has 1 saturated heterocycles. The predicted molar refractivity (Wildman–Crippen MR) is 59.6 cm³/mol. The van der Waals surface area contributed by atoms with Crippen molar-refractivity contribution in [2.75, 3.05) is 20.1 Å². The van der Waals surface area contributed by atoms with E-state index < -0.39 is 0 Å². The molecule has 0 saturated carbocycles. The Bertz CT molecular complexity index is 370. The van der Waals surface area contributed by atoms with E-state index in [4.69, 9.17) is 17.3 Å². The summed E-state index contributed by atoms with van der Waals surface area (Å²) in [7, 11) is 2.03. The lowest BCUT2D eigenvalue weighted by molar-refractivity contribution is 0.407. The van der Waals surface area contributed by atoms with E-state index in [0.717, 1.165) is 18.7 Å². The fourth-order valence-corrected chi connectivity index (χ4v) is 2.32. The van der Waals surface area contributed by atoms with E-state index in [9.17, 15) is 4.39 Å². The molecule has 82 valence electrons. The molecule has 15 heavy (non-hydrogen) atoms. The number of halogens is 2. The molecular weight excluding hydrogens is 215 g/mol. The molecule has 1 fully saturated rings. The number of hydrogen-bond acceptors (Lipinski definition) is 2. The SMILES string of the molecule is CN1C[C@@H](N)[C@H](c2ccc(F)c(Cl)c2)C1. The van der Waals surface area contributed by atoms with Gasteiger partial charge < -0.3 is 10.6 Å². The quantitative estimate of drug-likeness (QED) is 0.795. The summed E-state index contributed by atoms with van der Waals surface area (Å²) in [5.74, 6) is -0.117. The molecule has 4 heteroatoms. The van der Waals surface area contributed by atoms with Gasteiger partial charge in [-0.1, -0.05) is 17.7 Å². The molecule has 2 atom stereocenters. The van der Waals surface area contributed by atoms with E-state index in [1.165, 1.54) is 6.07 Å². The first-order chi connectivity index (χ1) is 7.08. The van der Waals surface area contributed by atoms with Crippen molar-refractivity contribution in [3.8, 4) is 0 Å². The highest BCUT2D eigenvalue weighted by Gasteiger charge is 2.29. The van der Waals surface area contributed by atoms with Crippen molar-refractivity contribution >= 4 is 11.6 Å². The lowest BCUT2D eigenvalue weighted by Gasteiger charge is -2.14. The van der Waals surface area contributed by atoms with Gasteiger partial charge in [0.2, 0.25) is 0 Å². The monoisotopic (exact) mass is 228 g/mol. The second kappa shape index (κ2) is 4.08. The molecule has 0 amide bonds. The summed E-state index contributed by atoms with van der Waals surface area (Å²) in [4.78, 5) is 2.17. The first-order valence-corrected chi connectivity index (χ1v) is 5.35. The van der Waals surface area contributed by atoms with Crippen LogP contribution in [0.25, 0.3) is 0 Å². The maximum Gasteiger partial charge on any atom is 0.141 e. The minimum atomic E-state index is -0.375.